The van der Waals surface area contributed by atoms with Gasteiger partial charge in [-0.2, -0.15) is 0 Å². The lowest BCUT2D eigenvalue weighted by Gasteiger charge is -2.17. The molecule has 0 saturated carbocycles. The highest BCUT2D eigenvalue weighted by molar-refractivity contribution is 7.25. The zero-order chi connectivity index (χ0) is 19.8. The average molecular weight is 400 g/mol. The van der Waals surface area contributed by atoms with Crippen molar-refractivity contribution in [1.82, 2.24) is 14.5 Å². The molecule has 4 rings (SSSR count). The van der Waals surface area contributed by atoms with E-state index >= 15 is 0 Å². The van der Waals surface area contributed by atoms with Gasteiger partial charge in [-0.25, -0.2) is 18.7 Å². The number of amides is 1. The number of hydrogen-bond donors (Lipinski definition) is 1. The van der Waals surface area contributed by atoms with E-state index in [0.29, 0.717) is 15.0 Å². The van der Waals surface area contributed by atoms with Crippen LogP contribution in [0.2, 0.25) is 0 Å². The maximum Gasteiger partial charge on any atom is 0.272 e. The first kappa shape index (κ1) is 18.2. The maximum absolute atomic E-state index is 13.8. The van der Waals surface area contributed by atoms with Crippen LogP contribution >= 0.6 is 11.3 Å². The molecule has 0 saturated heterocycles. The van der Waals surface area contributed by atoms with Gasteiger partial charge in [-0.1, -0.05) is 6.92 Å². The number of halogens is 2. The van der Waals surface area contributed by atoms with E-state index in [2.05, 4.69) is 15.3 Å². The summed E-state index contributed by atoms with van der Waals surface area (Å²) in [4.78, 5) is 34.9. The van der Waals surface area contributed by atoms with Gasteiger partial charge in [0.25, 0.3) is 5.56 Å². The molecule has 1 N–H and O–H groups in total. The fourth-order valence-electron chi connectivity index (χ4n) is 3.02. The molecule has 0 unspecified atom stereocenters. The molecular weight excluding hydrogens is 386 g/mol. The predicted octanol–water partition coefficient (Wildman–Crippen LogP) is 3.87. The van der Waals surface area contributed by atoms with Crippen molar-refractivity contribution in [3.63, 3.8) is 0 Å². The van der Waals surface area contributed by atoms with Crippen LogP contribution in [0.25, 0.3) is 20.4 Å². The van der Waals surface area contributed by atoms with Crippen LogP contribution in [-0.2, 0) is 4.79 Å². The largest absolute Gasteiger partial charge is 0.322 e. The number of thiophene rings is 1. The number of hydrogen-bond acceptors (Lipinski definition) is 5. The van der Waals surface area contributed by atoms with E-state index in [1.807, 2.05) is 6.07 Å². The Hall–Kier alpha value is -3.20. The van der Waals surface area contributed by atoms with Crippen LogP contribution in [0.1, 0.15) is 19.4 Å². The van der Waals surface area contributed by atoms with Crippen LogP contribution in [0.4, 0.5) is 14.5 Å². The molecule has 0 aliphatic carbocycles. The molecule has 1 amide bonds. The predicted molar refractivity (Wildman–Crippen MR) is 103 cm³/mol. The monoisotopic (exact) mass is 400 g/mol. The van der Waals surface area contributed by atoms with Crippen LogP contribution in [-0.4, -0.2) is 20.4 Å². The fourth-order valence-corrected chi connectivity index (χ4v) is 4.06. The van der Waals surface area contributed by atoms with Crippen LogP contribution in [0.5, 0.6) is 0 Å². The van der Waals surface area contributed by atoms with E-state index in [0.717, 1.165) is 23.6 Å². The van der Waals surface area contributed by atoms with Crippen molar-refractivity contribution < 1.29 is 13.6 Å². The Morgan fingerprint density at radius 2 is 2.11 bits per heavy atom. The zero-order valence-electron chi connectivity index (χ0n) is 14.6. The Labute approximate surface area is 161 Å². The van der Waals surface area contributed by atoms with E-state index in [-0.39, 0.29) is 17.7 Å². The minimum absolute atomic E-state index is 0.263. The molecule has 4 aromatic rings. The molecule has 1 atom stereocenters. The van der Waals surface area contributed by atoms with Crippen molar-refractivity contribution in [1.29, 1.82) is 0 Å². The van der Waals surface area contributed by atoms with E-state index in [4.69, 9.17) is 0 Å². The number of anilines is 1. The minimum atomic E-state index is -0.926. The topological polar surface area (TPSA) is 76.9 Å². The van der Waals surface area contributed by atoms with Gasteiger partial charge in [-0.3, -0.25) is 14.2 Å². The summed E-state index contributed by atoms with van der Waals surface area (Å²) in [6.45, 7) is 1.72. The van der Waals surface area contributed by atoms with Crippen LogP contribution in [0.3, 0.4) is 0 Å². The average Bonchev–Trinajstić information content (AvgIpc) is 3.07. The molecule has 9 heteroatoms. The first-order chi connectivity index (χ1) is 13.5. The van der Waals surface area contributed by atoms with Crippen molar-refractivity contribution in [2.24, 2.45) is 0 Å². The SMILES string of the molecule is CC[C@@H](C(=O)Nc1cc(F)ccc1F)n1cnc2c(sc3ncccc32)c1=O. The van der Waals surface area contributed by atoms with Gasteiger partial charge >= 0.3 is 0 Å². The molecular formula is C19H14F2N4O2S. The lowest BCUT2D eigenvalue weighted by Crippen LogP contribution is -2.33. The van der Waals surface area contributed by atoms with Crippen molar-refractivity contribution in [3.05, 3.63) is 64.8 Å². The maximum atomic E-state index is 13.8. The lowest BCUT2D eigenvalue weighted by molar-refractivity contribution is -0.119. The van der Waals surface area contributed by atoms with Crippen molar-refractivity contribution in [2.45, 2.75) is 19.4 Å². The summed E-state index contributed by atoms with van der Waals surface area (Å²) in [7, 11) is 0. The van der Waals surface area contributed by atoms with Gasteiger partial charge in [-0.05, 0) is 30.7 Å². The molecule has 0 spiro atoms. The number of carbonyl (C=O) groups excluding carboxylic acids is 1. The summed E-state index contributed by atoms with van der Waals surface area (Å²) in [6.07, 6.45) is 3.20. The third-order valence-corrected chi connectivity index (χ3v) is 5.48. The summed E-state index contributed by atoms with van der Waals surface area (Å²) in [5, 5.41) is 3.12. The Kier molecular flexibility index (Phi) is 4.60. The smallest absolute Gasteiger partial charge is 0.272 e. The highest BCUT2D eigenvalue weighted by Crippen LogP contribution is 2.28. The molecule has 0 aliphatic heterocycles. The Morgan fingerprint density at radius 3 is 2.89 bits per heavy atom. The Balaban J connectivity index is 1.75. The second-order valence-corrected chi connectivity index (χ2v) is 7.13. The number of pyridine rings is 1. The van der Waals surface area contributed by atoms with Crippen molar-refractivity contribution >= 4 is 43.4 Å². The zero-order valence-corrected chi connectivity index (χ0v) is 15.5. The Bertz CT molecular complexity index is 1270. The van der Waals surface area contributed by atoms with E-state index < -0.39 is 23.6 Å². The van der Waals surface area contributed by atoms with Crippen molar-refractivity contribution in [2.75, 3.05) is 5.32 Å². The summed E-state index contributed by atoms with van der Waals surface area (Å²) < 4.78 is 28.8. The highest BCUT2D eigenvalue weighted by Gasteiger charge is 2.23. The second kappa shape index (κ2) is 7.08. The third kappa shape index (κ3) is 3.03. The molecule has 28 heavy (non-hydrogen) atoms. The molecule has 6 nitrogen and oxygen atoms in total. The second-order valence-electron chi connectivity index (χ2n) is 6.13. The molecule has 0 fully saturated rings. The summed E-state index contributed by atoms with van der Waals surface area (Å²) >= 11 is 1.20. The van der Waals surface area contributed by atoms with E-state index in [1.165, 1.54) is 22.2 Å². The molecule has 0 bridgehead atoms. The third-order valence-electron chi connectivity index (χ3n) is 4.39. The van der Waals surface area contributed by atoms with Gasteiger partial charge in [0, 0.05) is 17.6 Å². The number of carbonyl (C=O) groups is 1. The van der Waals surface area contributed by atoms with E-state index in [9.17, 15) is 18.4 Å². The van der Waals surface area contributed by atoms with Gasteiger partial charge in [0.1, 0.15) is 27.2 Å². The molecule has 0 radical (unpaired) electrons. The molecule has 1 aromatic carbocycles. The number of fused-ring (bicyclic) bond motifs is 3. The van der Waals surface area contributed by atoms with Crippen LogP contribution in [0, 0.1) is 11.6 Å². The summed E-state index contributed by atoms with van der Waals surface area (Å²) in [5.41, 5.74) is -0.132. The highest BCUT2D eigenvalue weighted by atomic mass is 32.1. The molecule has 3 aromatic heterocycles. The quantitative estimate of drug-likeness (QED) is 0.564. The van der Waals surface area contributed by atoms with Gasteiger partial charge in [0.05, 0.1) is 17.5 Å². The molecule has 3 heterocycles. The lowest BCUT2D eigenvalue weighted by atomic mass is 10.2. The summed E-state index contributed by atoms with van der Waals surface area (Å²) in [5.74, 6) is -2.07. The number of aromatic nitrogens is 3. The number of rotatable bonds is 4. The minimum Gasteiger partial charge on any atom is -0.322 e. The fraction of sp³-hybridized carbons (Fsp3) is 0.158. The number of nitrogens with one attached hydrogen (secondary N) is 1. The van der Waals surface area contributed by atoms with Crippen molar-refractivity contribution in [3.8, 4) is 0 Å². The normalized spacial score (nSPS) is 12.4. The first-order valence-electron chi connectivity index (χ1n) is 8.50. The standard InChI is InChI=1S/C19H14F2N4O2S/c1-2-14(17(26)24-13-8-10(20)5-6-12(13)21)25-9-23-15-11-4-3-7-22-18(11)28-16(15)19(25)27/h3-9,14H,2H2,1H3,(H,24,26)/t14-/m0/s1. The number of nitrogens with zero attached hydrogens (tertiary/aromatic N) is 3. The number of benzene rings is 1. The van der Waals surface area contributed by atoms with Crippen LogP contribution in [0.15, 0.2) is 47.7 Å². The van der Waals surface area contributed by atoms with Crippen LogP contribution < -0.4 is 10.9 Å². The van der Waals surface area contributed by atoms with E-state index in [1.54, 1.807) is 19.2 Å². The molecule has 142 valence electrons. The first-order valence-corrected chi connectivity index (χ1v) is 9.31. The van der Waals surface area contributed by atoms with Gasteiger partial charge in [-0.15, -0.1) is 11.3 Å². The summed E-state index contributed by atoms with van der Waals surface area (Å²) in [6, 6.07) is 5.44. The molecule has 0 aliphatic rings. The van der Waals surface area contributed by atoms with Gasteiger partial charge in [0.15, 0.2) is 0 Å². The van der Waals surface area contributed by atoms with Gasteiger partial charge < -0.3 is 5.32 Å². The van der Waals surface area contributed by atoms with Gasteiger partial charge in [0.2, 0.25) is 5.91 Å². The Morgan fingerprint density at radius 1 is 1.29 bits per heavy atom.